The zero-order chi connectivity index (χ0) is 13.9. The molecule has 1 aromatic heterocycles. The first-order valence-electron chi connectivity index (χ1n) is 6.38. The Morgan fingerprint density at radius 2 is 2.10 bits per heavy atom. The summed E-state index contributed by atoms with van der Waals surface area (Å²) < 4.78 is 13.8. The van der Waals surface area contributed by atoms with E-state index >= 15 is 0 Å². The fraction of sp³-hybridized carbons (Fsp3) is 0.200. The maximum atomic E-state index is 13.8. The number of hydrogen-bond donors (Lipinski definition) is 1. The van der Waals surface area contributed by atoms with Gasteiger partial charge in [-0.1, -0.05) is 12.1 Å². The van der Waals surface area contributed by atoms with Gasteiger partial charge >= 0.3 is 0 Å². The van der Waals surface area contributed by atoms with Gasteiger partial charge in [-0.15, -0.1) is 11.8 Å². The predicted octanol–water partition coefficient (Wildman–Crippen LogP) is 3.19. The topological polar surface area (TPSA) is 42.0 Å². The van der Waals surface area contributed by atoms with Gasteiger partial charge in [0.1, 0.15) is 5.82 Å². The molecule has 0 bridgehead atoms. The van der Waals surface area contributed by atoms with Crippen molar-refractivity contribution in [3.63, 3.8) is 0 Å². The third-order valence-corrected chi connectivity index (χ3v) is 4.43. The van der Waals surface area contributed by atoms with Gasteiger partial charge in [-0.2, -0.15) is 0 Å². The molecular weight excluding hydrogens is 275 g/mol. The summed E-state index contributed by atoms with van der Waals surface area (Å²) in [6.07, 6.45) is 3.97. The summed E-state index contributed by atoms with van der Waals surface area (Å²) in [5.41, 5.74) is 1.43. The molecule has 1 N–H and O–H groups in total. The number of thioether (sulfide) groups is 1. The summed E-state index contributed by atoms with van der Waals surface area (Å²) >= 11 is 1.51. The van der Waals surface area contributed by atoms with Gasteiger partial charge in [0.15, 0.2) is 0 Å². The van der Waals surface area contributed by atoms with Crippen molar-refractivity contribution < 1.29 is 9.18 Å². The summed E-state index contributed by atoms with van der Waals surface area (Å²) in [6.45, 7) is 0. The first-order valence-corrected chi connectivity index (χ1v) is 7.36. The molecule has 1 aromatic carbocycles. The molecule has 2 heterocycles. The van der Waals surface area contributed by atoms with Gasteiger partial charge in [0.2, 0.25) is 0 Å². The van der Waals surface area contributed by atoms with Gasteiger partial charge in [0.25, 0.3) is 5.91 Å². The molecule has 20 heavy (non-hydrogen) atoms. The van der Waals surface area contributed by atoms with E-state index in [0.29, 0.717) is 10.5 Å². The van der Waals surface area contributed by atoms with Gasteiger partial charge in [0.05, 0.1) is 6.04 Å². The second-order valence-corrected chi connectivity index (χ2v) is 5.66. The molecule has 0 aliphatic carbocycles. The van der Waals surface area contributed by atoms with Crippen molar-refractivity contribution >= 4 is 17.7 Å². The van der Waals surface area contributed by atoms with Crippen LogP contribution in [0.5, 0.6) is 0 Å². The molecule has 2 aromatic rings. The maximum absolute atomic E-state index is 13.8. The summed E-state index contributed by atoms with van der Waals surface area (Å²) in [5.74, 6) is 0.435. The molecule has 0 unspecified atom stereocenters. The number of amides is 1. The maximum Gasteiger partial charge on any atom is 0.251 e. The SMILES string of the molecule is O=C(N[C@@H]1CCSc2c(F)cccc21)c1ccncc1. The number of nitrogens with zero attached hydrogens (tertiary/aromatic N) is 1. The molecule has 1 aliphatic rings. The van der Waals surface area contributed by atoms with Crippen LogP contribution in [0.3, 0.4) is 0 Å². The molecule has 1 atom stereocenters. The smallest absolute Gasteiger partial charge is 0.251 e. The normalized spacial score (nSPS) is 17.4. The highest BCUT2D eigenvalue weighted by Gasteiger charge is 2.24. The second-order valence-electron chi connectivity index (χ2n) is 4.56. The third kappa shape index (κ3) is 2.54. The Labute approximate surface area is 120 Å². The van der Waals surface area contributed by atoms with E-state index in [1.165, 1.54) is 17.8 Å². The number of rotatable bonds is 2. The average Bonchev–Trinajstić information content (AvgIpc) is 2.49. The molecular formula is C15H13FN2OS. The number of hydrogen-bond acceptors (Lipinski definition) is 3. The summed E-state index contributed by atoms with van der Waals surface area (Å²) in [5, 5.41) is 2.97. The van der Waals surface area contributed by atoms with Gasteiger partial charge in [0, 0.05) is 28.6 Å². The zero-order valence-electron chi connectivity index (χ0n) is 10.7. The van der Waals surface area contributed by atoms with E-state index in [2.05, 4.69) is 10.3 Å². The van der Waals surface area contributed by atoms with Crippen LogP contribution < -0.4 is 5.32 Å². The fourth-order valence-corrected chi connectivity index (χ4v) is 3.42. The third-order valence-electron chi connectivity index (χ3n) is 3.27. The first kappa shape index (κ1) is 13.1. The minimum absolute atomic E-state index is 0.136. The molecule has 0 fully saturated rings. The van der Waals surface area contributed by atoms with Crippen molar-refractivity contribution in [3.8, 4) is 0 Å². The number of carbonyl (C=O) groups is 1. The summed E-state index contributed by atoms with van der Waals surface area (Å²) in [7, 11) is 0. The Bertz CT molecular complexity index is 633. The van der Waals surface area contributed by atoms with Crippen LogP contribution in [0.25, 0.3) is 0 Å². The second kappa shape index (κ2) is 5.63. The summed E-state index contributed by atoms with van der Waals surface area (Å²) in [4.78, 5) is 16.7. The molecule has 1 amide bonds. The Kier molecular flexibility index (Phi) is 3.69. The average molecular weight is 288 g/mol. The quantitative estimate of drug-likeness (QED) is 0.922. The summed E-state index contributed by atoms with van der Waals surface area (Å²) in [6, 6.07) is 8.22. The van der Waals surface area contributed by atoms with Gasteiger partial charge in [-0.25, -0.2) is 4.39 Å². The van der Waals surface area contributed by atoms with Crippen molar-refractivity contribution in [2.75, 3.05) is 5.75 Å². The van der Waals surface area contributed by atoms with E-state index in [-0.39, 0.29) is 17.8 Å². The molecule has 5 heteroatoms. The van der Waals surface area contributed by atoms with Crippen molar-refractivity contribution in [1.82, 2.24) is 10.3 Å². The monoisotopic (exact) mass is 288 g/mol. The van der Waals surface area contributed by atoms with Crippen molar-refractivity contribution in [2.24, 2.45) is 0 Å². The van der Waals surface area contributed by atoms with Gasteiger partial charge < -0.3 is 5.32 Å². The number of carbonyl (C=O) groups excluding carboxylic acids is 1. The molecule has 0 spiro atoms. The van der Waals surface area contributed by atoms with Crippen LogP contribution >= 0.6 is 11.8 Å². The van der Waals surface area contributed by atoms with Crippen molar-refractivity contribution in [2.45, 2.75) is 17.4 Å². The van der Waals surface area contributed by atoms with Crippen molar-refractivity contribution in [3.05, 3.63) is 59.7 Å². The van der Waals surface area contributed by atoms with Gasteiger partial charge in [-0.05, 0) is 30.2 Å². The molecule has 0 saturated heterocycles. The molecule has 3 nitrogen and oxygen atoms in total. The molecule has 3 rings (SSSR count). The van der Waals surface area contributed by atoms with Crippen LogP contribution in [-0.4, -0.2) is 16.6 Å². The van der Waals surface area contributed by atoms with Crippen LogP contribution in [-0.2, 0) is 0 Å². The van der Waals surface area contributed by atoms with E-state index in [1.807, 2.05) is 6.07 Å². The Hall–Kier alpha value is -1.88. The minimum Gasteiger partial charge on any atom is -0.345 e. The van der Waals surface area contributed by atoms with Crippen LogP contribution in [0.4, 0.5) is 4.39 Å². The lowest BCUT2D eigenvalue weighted by Gasteiger charge is -2.26. The first-order chi connectivity index (χ1) is 9.75. The van der Waals surface area contributed by atoms with E-state index in [0.717, 1.165) is 17.7 Å². The molecule has 102 valence electrons. The number of fused-ring (bicyclic) bond motifs is 1. The van der Waals surface area contributed by atoms with Crippen LogP contribution in [0, 0.1) is 5.82 Å². The lowest BCUT2D eigenvalue weighted by Crippen LogP contribution is -2.30. The van der Waals surface area contributed by atoms with E-state index in [4.69, 9.17) is 0 Å². The fourth-order valence-electron chi connectivity index (χ4n) is 2.28. The number of aromatic nitrogens is 1. The van der Waals surface area contributed by atoms with Crippen molar-refractivity contribution in [1.29, 1.82) is 0 Å². The highest BCUT2D eigenvalue weighted by molar-refractivity contribution is 7.99. The predicted molar refractivity (Wildman–Crippen MR) is 76.2 cm³/mol. The molecule has 0 radical (unpaired) electrons. The lowest BCUT2D eigenvalue weighted by atomic mass is 10.0. The highest BCUT2D eigenvalue weighted by Crippen LogP contribution is 2.37. The van der Waals surface area contributed by atoms with Gasteiger partial charge in [-0.3, -0.25) is 9.78 Å². The van der Waals surface area contributed by atoms with Crippen LogP contribution in [0.1, 0.15) is 28.4 Å². The zero-order valence-corrected chi connectivity index (χ0v) is 11.5. The van der Waals surface area contributed by atoms with E-state index < -0.39 is 0 Å². The Morgan fingerprint density at radius 1 is 1.30 bits per heavy atom. The van der Waals surface area contributed by atoms with Crippen LogP contribution in [0.2, 0.25) is 0 Å². The number of benzene rings is 1. The highest BCUT2D eigenvalue weighted by atomic mass is 32.2. The number of pyridine rings is 1. The Balaban J connectivity index is 1.84. The largest absolute Gasteiger partial charge is 0.345 e. The lowest BCUT2D eigenvalue weighted by molar-refractivity contribution is 0.0934. The molecule has 1 aliphatic heterocycles. The molecule has 0 saturated carbocycles. The Morgan fingerprint density at radius 3 is 2.90 bits per heavy atom. The number of halogens is 1. The van der Waals surface area contributed by atoms with E-state index in [1.54, 1.807) is 30.6 Å². The van der Waals surface area contributed by atoms with E-state index in [9.17, 15) is 9.18 Å². The number of nitrogens with one attached hydrogen (secondary N) is 1. The minimum atomic E-state index is -0.213. The standard InChI is InChI=1S/C15H13FN2OS/c16-12-3-1-2-11-13(6-9-20-14(11)12)18-15(19)10-4-7-17-8-5-10/h1-5,7-8,13H,6,9H2,(H,18,19)/t13-/m1/s1. The van der Waals surface area contributed by atoms with Crippen LogP contribution in [0.15, 0.2) is 47.6 Å².